The lowest BCUT2D eigenvalue weighted by Crippen LogP contribution is -2.03. The Morgan fingerprint density at radius 3 is 2.10 bits per heavy atom. The first-order chi connectivity index (χ1) is 13.8. The maximum absolute atomic E-state index is 11.1. The highest BCUT2D eigenvalue weighted by Gasteiger charge is 2.06. The fourth-order valence-corrected chi connectivity index (χ4v) is 2.62. The second kappa shape index (κ2) is 17.5. The molecule has 29 heavy (non-hydrogen) atoms. The van der Waals surface area contributed by atoms with Crippen molar-refractivity contribution in [2.45, 2.75) is 78.1 Å². The Hall–Kier alpha value is -2.61. The lowest BCUT2D eigenvalue weighted by Gasteiger charge is -2.07. The van der Waals surface area contributed by atoms with Gasteiger partial charge in [-0.05, 0) is 24.0 Å². The highest BCUT2D eigenvalue weighted by molar-refractivity contribution is 5.97. The number of ketones is 1. The van der Waals surface area contributed by atoms with Crippen LogP contribution in [0.15, 0.2) is 30.3 Å². The van der Waals surface area contributed by atoms with E-state index in [1.165, 1.54) is 38.5 Å². The largest absolute Gasteiger partial charge is 0.481 e. The van der Waals surface area contributed by atoms with E-state index in [4.69, 9.17) is 10.2 Å². The van der Waals surface area contributed by atoms with Crippen molar-refractivity contribution >= 4 is 17.7 Å². The van der Waals surface area contributed by atoms with E-state index >= 15 is 0 Å². The minimum Gasteiger partial charge on any atom is -0.481 e. The summed E-state index contributed by atoms with van der Waals surface area (Å²) in [5.41, 5.74) is 0.751. The standard InChI is InChI=1S/C12H10O3.C12H24O2/c13-11(8-9-12(14)15)7-6-10-4-2-1-3-5-10;1-3-4-5-6-7-8-9-11(2)10-12(13)14/h1-5H,8-9H2,(H,14,15);11H,3-10H2,1-2H3,(H,13,14). The van der Waals surface area contributed by atoms with Crippen molar-refractivity contribution in [3.63, 3.8) is 0 Å². The summed E-state index contributed by atoms with van der Waals surface area (Å²) in [5.74, 6) is 3.43. The molecule has 1 atom stereocenters. The van der Waals surface area contributed by atoms with Gasteiger partial charge in [-0.1, -0.05) is 82.9 Å². The maximum Gasteiger partial charge on any atom is 0.303 e. The van der Waals surface area contributed by atoms with Gasteiger partial charge in [0.1, 0.15) is 0 Å². The molecule has 0 aromatic heterocycles. The van der Waals surface area contributed by atoms with Gasteiger partial charge >= 0.3 is 11.9 Å². The minimum atomic E-state index is -0.982. The Bertz CT molecular complexity index is 655. The van der Waals surface area contributed by atoms with Crippen molar-refractivity contribution < 1.29 is 24.6 Å². The minimum absolute atomic E-state index is 0.0326. The van der Waals surface area contributed by atoms with E-state index in [0.29, 0.717) is 12.3 Å². The van der Waals surface area contributed by atoms with Crippen molar-refractivity contribution in [1.82, 2.24) is 0 Å². The zero-order valence-corrected chi connectivity index (χ0v) is 17.7. The van der Waals surface area contributed by atoms with Crippen molar-refractivity contribution in [2.24, 2.45) is 5.92 Å². The van der Waals surface area contributed by atoms with E-state index in [1.54, 1.807) is 12.1 Å². The van der Waals surface area contributed by atoms with Crippen LogP contribution < -0.4 is 0 Å². The molecule has 2 N–H and O–H groups in total. The van der Waals surface area contributed by atoms with Crippen molar-refractivity contribution in [1.29, 1.82) is 0 Å². The number of benzene rings is 1. The average Bonchev–Trinajstić information content (AvgIpc) is 2.68. The van der Waals surface area contributed by atoms with Gasteiger partial charge in [-0.2, -0.15) is 0 Å². The topological polar surface area (TPSA) is 91.7 Å². The van der Waals surface area contributed by atoms with Gasteiger partial charge in [0.25, 0.3) is 0 Å². The normalized spacial score (nSPS) is 10.7. The number of hydrogen-bond donors (Lipinski definition) is 2. The third-order valence-corrected chi connectivity index (χ3v) is 4.26. The molecule has 0 fully saturated rings. The lowest BCUT2D eigenvalue weighted by atomic mass is 9.99. The molecule has 0 saturated carbocycles. The van der Waals surface area contributed by atoms with Crippen molar-refractivity contribution in [3.05, 3.63) is 35.9 Å². The van der Waals surface area contributed by atoms with Crippen LogP contribution in [0.5, 0.6) is 0 Å². The predicted molar refractivity (Wildman–Crippen MR) is 115 cm³/mol. The lowest BCUT2D eigenvalue weighted by molar-refractivity contribution is -0.138. The monoisotopic (exact) mass is 402 g/mol. The van der Waals surface area contributed by atoms with Crippen LogP contribution in [0.1, 0.15) is 83.6 Å². The molecule has 0 spiro atoms. The highest BCUT2D eigenvalue weighted by Crippen LogP contribution is 2.14. The van der Waals surface area contributed by atoms with Gasteiger partial charge in [0, 0.05) is 18.4 Å². The molecular formula is C24H34O5. The number of rotatable bonds is 12. The smallest absolute Gasteiger partial charge is 0.303 e. The summed E-state index contributed by atoms with van der Waals surface area (Å²) in [6.07, 6.45) is 8.94. The molecule has 5 heteroatoms. The van der Waals surface area contributed by atoms with Gasteiger partial charge in [0.15, 0.2) is 0 Å². The molecular weight excluding hydrogens is 368 g/mol. The summed E-state index contributed by atoms with van der Waals surface area (Å²) < 4.78 is 0. The zero-order valence-electron chi connectivity index (χ0n) is 17.7. The summed E-state index contributed by atoms with van der Waals surface area (Å²) in [7, 11) is 0. The van der Waals surface area contributed by atoms with Crippen LogP contribution in [0.3, 0.4) is 0 Å². The van der Waals surface area contributed by atoms with Gasteiger partial charge in [0.2, 0.25) is 5.78 Å². The molecule has 0 amide bonds. The van der Waals surface area contributed by atoms with Gasteiger partial charge in [0.05, 0.1) is 6.42 Å². The third-order valence-electron chi connectivity index (χ3n) is 4.26. The molecule has 1 aromatic carbocycles. The first-order valence-electron chi connectivity index (χ1n) is 10.4. The van der Waals surface area contributed by atoms with E-state index in [9.17, 15) is 14.4 Å². The van der Waals surface area contributed by atoms with Crippen LogP contribution in [-0.2, 0) is 14.4 Å². The van der Waals surface area contributed by atoms with Crippen LogP contribution in [0.2, 0.25) is 0 Å². The number of Topliss-reactive ketones (excluding diaryl/α,β-unsaturated/α-hetero) is 1. The highest BCUT2D eigenvalue weighted by atomic mass is 16.4. The summed E-state index contributed by atoms with van der Waals surface area (Å²) in [5, 5.41) is 16.9. The van der Waals surface area contributed by atoms with Crippen LogP contribution in [0.25, 0.3) is 0 Å². The Balaban J connectivity index is 0.000000543. The third kappa shape index (κ3) is 18.5. The van der Waals surface area contributed by atoms with E-state index < -0.39 is 11.9 Å². The Kier molecular flexibility index (Phi) is 15.9. The number of carbonyl (C=O) groups excluding carboxylic acids is 1. The first kappa shape index (κ1) is 26.4. The Morgan fingerprint density at radius 2 is 1.52 bits per heavy atom. The molecule has 1 aromatic rings. The van der Waals surface area contributed by atoms with E-state index in [-0.39, 0.29) is 18.6 Å². The van der Waals surface area contributed by atoms with Gasteiger partial charge < -0.3 is 10.2 Å². The number of hydrogen-bond acceptors (Lipinski definition) is 3. The maximum atomic E-state index is 11.1. The molecule has 0 bridgehead atoms. The fraction of sp³-hybridized carbons (Fsp3) is 0.542. The molecule has 5 nitrogen and oxygen atoms in total. The van der Waals surface area contributed by atoms with Crippen molar-refractivity contribution in [2.75, 3.05) is 0 Å². The SMILES string of the molecule is CCCCCCCCC(C)CC(=O)O.O=C(O)CCC(=O)C#Cc1ccccc1. The van der Waals surface area contributed by atoms with Crippen LogP contribution in [-0.4, -0.2) is 27.9 Å². The molecule has 0 saturated heterocycles. The molecule has 1 rings (SSSR count). The van der Waals surface area contributed by atoms with Gasteiger partial charge in [-0.3, -0.25) is 14.4 Å². The average molecular weight is 403 g/mol. The number of carboxylic acid groups (broad SMARTS) is 2. The number of aliphatic carboxylic acids is 2. The Morgan fingerprint density at radius 1 is 0.897 bits per heavy atom. The molecule has 0 radical (unpaired) electrons. The zero-order chi connectivity index (χ0) is 21.9. The van der Waals surface area contributed by atoms with Gasteiger partial charge in [-0.25, -0.2) is 0 Å². The van der Waals surface area contributed by atoms with Crippen molar-refractivity contribution in [3.8, 4) is 11.8 Å². The fourth-order valence-electron chi connectivity index (χ4n) is 2.62. The molecule has 1 unspecified atom stereocenters. The summed E-state index contributed by atoms with van der Waals surface area (Å²) in [4.78, 5) is 31.6. The predicted octanol–water partition coefficient (Wildman–Crippen LogP) is 5.32. The summed E-state index contributed by atoms with van der Waals surface area (Å²) in [6, 6.07) is 9.09. The van der Waals surface area contributed by atoms with Crippen LogP contribution in [0.4, 0.5) is 0 Å². The second-order valence-corrected chi connectivity index (χ2v) is 7.19. The molecule has 0 aliphatic heterocycles. The number of unbranched alkanes of at least 4 members (excludes halogenated alkanes) is 5. The van der Waals surface area contributed by atoms with E-state index in [1.807, 2.05) is 25.1 Å². The first-order valence-corrected chi connectivity index (χ1v) is 10.4. The number of carbonyl (C=O) groups is 3. The van der Waals surface area contributed by atoms with E-state index in [0.717, 1.165) is 12.0 Å². The van der Waals surface area contributed by atoms with E-state index in [2.05, 4.69) is 18.8 Å². The second-order valence-electron chi connectivity index (χ2n) is 7.19. The molecule has 160 valence electrons. The molecule has 0 aliphatic rings. The van der Waals surface area contributed by atoms with Crippen LogP contribution in [0, 0.1) is 17.8 Å². The number of carboxylic acids is 2. The summed E-state index contributed by atoms with van der Waals surface area (Å²) >= 11 is 0. The summed E-state index contributed by atoms with van der Waals surface area (Å²) in [6.45, 7) is 4.25. The molecule has 0 aliphatic carbocycles. The van der Waals surface area contributed by atoms with Crippen LogP contribution >= 0.6 is 0 Å². The molecule has 0 heterocycles. The Labute approximate surface area is 174 Å². The quantitative estimate of drug-likeness (QED) is 0.365. The van der Waals surface area contributed by atoms with Gasteiger partial charge in [-0.15, -0.1) is 0 Å².